The molecule has 2 heteroatoms. The molecule has 1 unspecified atom stereocenters. The fourth-order valence-corrected chi connectivity index (χ4v) is 2.94. The Morgan fingerprint density at radius 1 is 1.20 bits per heavy atom. The molecule has 2 nitrogen and oxygen atoms in total. The van der Waals surface area contributed by atoms with Gasteiger partial charge in [0.2, 0.25) is 0 Å². The summed E-state index contributed by atoms with van der Waals surface area (Å²) in [7, 11) is 0. The summed E-state index contributed by atoms with van der Waals surface area (Å²) in [4.78, 5) is 12.1. The Labute approximate surface area is 123 Å². The van der Waals surface area contributed by atoms with Crippen molar-refractivity contribution in [3.63, 3.8) is 0 Å². The zero-order valence-electron chi connectivity index (χ0n) is 12.9. The highest BCUT2D eigenvalue weighted by Crippen LogP contribution is 2.24. The molecule has 1 aromatic rings. The van der Waals surface area contributed by atoms with E-state index in [0.717, 1.165) is 18.4 Å². The molecule has 20 heavy (non-hydrogen) atoms. The van der Waals surface area contributed by atoms with Gasteiger partial charge in [-0.25, -0.2) is 0 Å². The maximum absolute atomic E-state index is 12.1. The average Bonchev–Trinajstić information content (AvgIpc) is 2.42. The number of aryl methyl sites for hydroxylation is 1. The normalized spacial score (nSPS) is 17.0. The molecule has 110 valence electrons. The quantitative estimate of drug-likeness (QED) is 0.820. The second-order valence-corrected chi connectivity index (χ2v) is 6.04. The fraction of sp³-hybridized carbons (Fsp3) is 0.611. The highest BCUT2D eigenvalue weighted by Gasteiger charge is 2.15. The van der Waals surface area contributed by atoms with E-state index >= 15 is 0 Å². The summed E-state index contributed by atoms with van der Waals surface area (Å²) in [6, 6.07) is 6.79. The Morgan fingerprint density at radius 3 is 2.80 bits per heavy atom. The minimum Gasteiger partial charge on any atom is -0.383 e. The highest BCUT2D eigenvalue weighted by molar-refractivity contribution is 5.98. The number of Topliss-reactive ketones (excluding diaryl/α,β-unsaturated/α-hetero) is 1. The van der Waals surface area contributed by atoms with Crippen LogP contribution in [0.25, 0.3) is 0 Å². The Kier molecular flexibility index (Phi) is 5.63. The Hall–Kier alpha value is -1.31. The molecule has 1 aromatic carbocycles. The third kappa shape index (κ3) is 4.09. The number of fused-ring (bicyclic) bond motifs is 1. The first-order chi connectivity index (χ1) is 9.70. The van der Waals surface area contributed by atoms with Gasteiger partial charge in [0, 0.05) is 23.7 Å². The first kappa shape index (κ1) is 15.1. The largest absolute Gasteiger partial charge is 0.383 e. The molecule has 0 aliphatic heterocycles. The van der Waals surface area contributed by atoms with E-state index in [0.29, 0.717) is 18.2 Å². The number of hydrogen-bond acceptors (Lipinski definition) is 2. The molecule has 0 saturated heterocycles. The maximum Gasteiger partial charge on any atom is 0.163 e. The van der Waals surface area contributed by atoms with Crippen LogP contribution in [0.2, 0.25) is 0 Å². The number of anilines is 1. The van der Waals surface area contributed by atoms with Crippen LogP contribution in [0.1, 0.15) is 74.7 Å². The van der Waals surface area contributed by atoms with Crippen molar-refractivity contribution < 1.29 is 4.79 Å². The summed E-state index contributed by atoms with van der Waals surface area (Å²) in [5.41, 5.74) is 3.36. The molecular weight excluding hydrogens is 246 g/mol. The summed E-state index contributed by atoms with van der Waals surface area (Å²) in [6.07, 6.45) is 8.89. The van der Waals surface area contributed by atoms with Crippen molar-refractivity contribution in [2.45, 2.75) is 71.3 Å². The predicted molar refractivity (Wildman–Crippen MR) is 85.6 cm³/mol. The highest BCUT2D eigenvalue weighted by atomic mass is 16.1. The molecule has 1 aliphatic rings. The van der Waals surface area contributed by atoms with E-state index in [-0.39, 0.29) is 0 Å². The van der Waals surface area contributed by atoms with Crippen LogP contribution >= 0.6 is 0 Å². The Balaban J connectivity index is 2.09. The first-order valence-corrected chi connectivity index (χ1v) is 8.13. The number of carbonyl (C=O) groups is 1. The van der Waals surface area contributed by atoms with Crippen LogP contribution in [0.3, 0.4) is 0 Å². The smallest absolute Gasteiger partial charge is 0.163 e. The minimum atomic E-state index is 0.324. The third-order valence-electron chi connectivity index (χ3n) is 4.16. The zero-order valence-corrected chi connectivity index (χ0v) is 12.9. The summed E-state index contributed by atoms with van der Waals surface area (Å²) in [5, 5.41) is 3.57. The SMILES string of the molecule is CCCCC(C)Nc1ccc2c(c1)CCCCCC2=O. The maximum atomic E-state index is 12.1. The second kappa shape index (κ2) is 7.47. The van der Waals surface area contributed by atoms with E-state index in [9.17, 15) is 4.79 Å². The van der Waals surface area contributed by atoms with Gasteiger partial charge in [0.05, 0.1) is 0 Å². The van der Waals surface area contributed by atoms with Crippen LogP contribution in [-0.4, -0.2) is 11.8 Å². The molecule has 0 amide bonds. The van der Waals surface area contributed by atoms with E-state index in [1.807, 2.05) is 6.07 Å². The van der Waals surface area contributed by atoms with Gasteiger partial charge in [0.25, 0.3) is 0 Å². The standard InChI is InChI=1S/C18H27NO/c1-3-4-8-14(2)19-16-11-12-17-15(13-16)9-6-5-7-10-18(17)20/h11-14,19H,3-10H2,1-2H3. The lowest BCUT2D eigenvalue weighted by atomic mass is 9.92. The molecule has 1 N–H and O–H groups in total. The predicted octanol–water partition coefficient (Wildman–Crippen LogP) is 4.98. The van der Waals surface area contributed by atoms with Crippen LogP contribution in [0.5, 0.6) is 0 Å². The Bertz CT molecular complexity index is 453. The number of rotatable bonds is 5. The monoisotopic (exact) mass is 273 g/mol. The number of ketones is 1. The van der Waals surface area contributed by atoms with Crippen LogP contribution in [-0.2, 0) is 6.42 Å². The van der Waals surface area contributed by atoms with Gasteiger partial charge in [0.15, 0.2) is 5.78 Å². The molecule has 0 spiro atoms. The van der Waals surface area contributed by atoms with Crippen molar-refractivity contribution in [1.29, 1.82) is 0 Å². The van der Waals surface area contributed by atoms with Crippen molar-refractivity contribution >= 4 is 11.5 Å². The molecule has 0 radical (unpaired) electrons. The molecule has 0 saturated carbocycles. The molecule has 0 aromatic heterocycles. The second-order valence-electron chi connectivity index (χ2n) is 6.04. The topological polar surface area (TPSA) is 29.1 Å². The van der Waals surface area contributed by atoms with Gasteiger partial charge in [0.1, 0.15) is 0 Å². The number of carbonyl (C=O) groups excluding carboxylic acids is 1. The lowest BCUT2D eigenvalue weighted by molar-refractivity contribution is 0.0976. The summed E-state index contributed by atoms with van der Waals surface area (Å²) >= 11 is 0. The number of benzene rings is 1. The van der Waals surface area contributed by atoms with Gasteiger partial charge >= 0.3 is 0 Å². The summed E-state index contributed by atoms with van der Waals surface area (Å²) in [6.45, 7) is 4.46. The molecule has 1 aliphatic carbocycles. The van der Waals surface area contributed by atoms with Gasteiger partial charge in [-0.3, -0.25) is 4.79 Å². The van der Waals surface area contributed by atoms with Gasteiger partial charge in [-0.15, -0.1) is 0 Å². The van der Waals surface area contributed by atoms with Gasteiger partial charge in [-0.05, 0) is 56.4 Å². The molecule has 2 rings (SSSR count). The average molecular weight is 273 g/mol. The third-order valence-corrected chi connectivity index (χ3v) is 4.16. The van der Waals surface area contributed by atoms with Crippen molar-refractivity contribution in [2.75, 3.05) is 5.32 Å². The van der Waals surface area contributed by atoms with Gasteiger partial charge < -0.3 is 5.32 Å². The van der Waals surface area contributed by atoms with Crippen LogP contribution in [0.4, 0.5) is 5.69 Å². The molecular formula is C18H27NO. The van der Waals surface area contributed by atoms with E-state index in [2.05, 4.69) is 31.3 Å². The van der Waals surface area contributed by atoms with Crippen LogP contribution < -0.4 is 5.32 Å². The van der Waals surface area contributed by atoms with Crippen molar-refractivity contribution in [2.24, 2.45) is 0 Å². The molecule has 1 atom stereocenters. The number of hydrogen-bond donors (Lipinski definition) is 1. The molecule has 0 bridgehead atoms. The van der Waals surface area contributed by atoms with E-state index in [1.54, 1.807) is 0 Å². The van der Waals surface area contributed by atoms with Crippen LogP contribution in [0, 0.1) is 0 Å². The first-order valence-electron chi connectivity index (χ1n) is 8.13. The fourth-order valence-electron chi connectivity index (χ4n) is 2.94. The lowest BCUT2D eigenvalue weighted by Crippen LogP contribution is -2.15. The van der Waals surface area contributed by atoms with Gasteiger partial charge in [-0.1, -0.05) is 26.2 Å². The number of nitrogens with one attached hydrogen (secondary N) is 1. The summed E-state index contributed by atoms with van der Waals surface area (Å²) < 4.78 is 0. The van der Waals surface area contributed by atoms with Gasteiger partial charge in [-0.2, -0.15) is 0 Å². The van der Waals surface area contributed by atoms with Crippen molar-refractivity contribution in [3.05, 3.63) is 29.3 Å². The molecule has 0 fully saturated rings. The van der Waals surface area contributed by atoms with E-state index in [1.165, 1.54) is 43.4 Å². The summed E-state index contributed by atoms with van der Waals surface area (Å²) in [5.74, 6) is 0.324. The van der Waals surface area contributed by atoms with E-state index in [4.69, 9.17) is 0 Å². The molecule has 0 heterocycles. The Morgan fingerprint density at radius 2 is 2.00 bits per heavy atom. The zero-order chi connectivity index (χ0) is 14.4. The van der Waals surface area contributed by atoms with E-state index < -0.39 is 0 Å². The lowest BCUT2D eigenvalue weighted by Gasteiger charge is -2.18. The minimum absolute atomic E-state index is 0.324. The van der Waals surface area contributed by atoms with Crippen LogP contribution in [0.15, 0.2) is 18.2 Å². The van der Waals surface area contributed by atoms with Crippen molar-refractivity contribution in [3.8, 4) is 0 Å². The van der Waals surface area contributed by atoms with Crippen molar-refractivity contribution in [1.82, 2.24) is 0 Å². The number of unbranched alkanes of at least 4 members (excludes halogenated alkanes) is 1.